The maximum Gasteiger partial charge on any atom is 0.253 e. The average Bonchev–Trinajstić information content (AvgIpc) is 3.06. The van der Waals surface area contributed by atoms with Crippen LogP contribution in [0.1, 0.15) is 49.4 Å². The van der Waals surface area contributed by atoms with E-state index < -0.39 is 10.0 Å². The van der Waals surface area contributed by atoms with Crippen molar-refractivity contribution in [2.75, 3.05) is 36.7 Å². The molecule has 26 heavy (non-hydrogen) atoms. The van der Waals surface area contributed by atoms with Gasteiger partial charge in [0, 0.05) is 43.5 Å². The Hall–Kier alpha value is -1.60. The molecule has 0 aromatic heterocycles. The predicted octanol–water partition coefficient (Wildman–Crippen LogP) is 2.54. The molecule has 0 radical (unpaired) electrons. The van der Waals surface area contributed by atoms with E-state index in [-0.39, 0.29) is 11.7 Å². The Kier molecular flexibility index (Phi) is 6.19. The second-order valence-electron chi connectivity index (χ2n) is 7.20. The lowest BCUT2D eigenvalue weighted by atomic mass is 10.2. The lowest BCUT2D eigenvalue weighted by Gasteiger charge is -2.27. The van der Waals surface area contributed by atoms with Crippen molar-refractivity contribution >= 4 is 21.6 Å². The molecule has 1 N–H and O–H groups in total. The van der Waals surface area contributed by atoms with Gasteiger partial charge >= 0.3 is 0 Å². The van der Waals surface area contributed by atoms with Crippen molar-refractivity contribution in [1.29, 1.82) is 0 Å². The number of sulfonamides is 1. The van der Waals surface area contributed by atoms with Gasteiger partial charge in [0.1, 0.15) is 0 Å². The van der Waals surface area contributed by atoms with Gasteiger partial charge < -0.3 is 4.90 Å². The number of rotatable bonds is 5. The fraction of sp³-hybridized carbons (Fsp3) is 0.632. The summed E-state index contributed by atoms with van der Waals surface area (Å²) < 4.78 is 25.7. The topological polar surface area (TPSA) is 69.7 Å². The zero-order valence-corrected chi connectivity index (χ0v) is 16.3. The van der Waals surface area contributed by atoms with Gasteiger partial charge in [-0.3, -0.25) is 14.4 Å². The van der Waals surface area contributed by atoms with Crippen LogP contribution in [0.15, 0.2) is 24.3 Å². The van der Waals surface area contributed by atoms with E-state index >= 15 is 0 Å². The van der Waals surface area contributed by atoms with Gasteiger partial charge in [-0.2, -0.15) is 0 Å². The second-order valence-corrected chi connectivity index (χ2v) is 9.21. The molecule has 2 aliphatic rings. The smallest absolute Gasteiger partial charge is 0.253 e. The minimum atomic E-state index is -3.30. The zero-order chi connectivity index (χ0) is 18.6. The summed E-state index contributed by atoms with van der Waals surface area (Å²) in [5.41, 5.74) is 1.10. The molecule has 0 bridgehead atoms. The molecule has 1 amide bonds. The molecular weight excluding hydrogens is 350 g/mol. The molecule has 1 aromatic rings. The summed E-state index contributed by atoms with van der Waals surface area (Å²) in [5.74, 6) is 0.0575. The summed E-state index contributed by atoms with van der Waals surface area (Å²) >= 11 is 0. The van der Waals surface area contributed by atoms with E-state index in [2.05, 4.69) is 9.62 Å². The number of hydrogen-bond acceptors (Lipinski definition) is 4. The summed E-state index contributed by atoms with van der Waals surface area (Å²) in [5, 5.41) is 0. The number of amides is 1. The predicted molar refractivity (Wildman–Crippen MR) is 104 cm³/mol. The monoisotopic (exact) mass is 379 g/mol. The summed E-state index contributed by atoms with van der Waals surface area (Å²) in [6.07, 6.45) is 6.26. The van der Waals surface area contributed by atoms with Gasteiger partial charge in [0.05, 0.1) is 5.75 Å². The number of carbonyl (C=O) groups excluding carboxylic acids is 1. The molecule has 0 spiro atoms. The number of nitrogens with zero attached hydrogens (tertiary/aromatic N) is 2. The molecule has 0 unspecified atom stereocenters. The summed E-state index contributed by atoms with van der Waals surface area (Å²) in [6.45, 7) is 5.16. The van der Waals surface area contributed by atoms with Crippen molar-refractivity contribution in [1.82, 2.24) is 9.80 Å². The molecule has 1 saturated carbocycles. The maximum absolute atomic E-state index is 12.8. The molecule has 1 aromatic carbocycles. The Labute approximate surface area is 156 Å². The van der Waals surface area contributed by atoms with E-state index in [1.807, 2.05) is 4.90 Å². The van der Waals surface area contributed by atoms with Crippen LogP contribution in [0.25, 0.3) is 0 Å². The van der Waals surface area contributed by atoms with Crippen LogP contribution >= 0.6 is 0 Å². The zero-order valence-electron chi connectivity index (χ0n) is 15.5. The van der Waals surface area contributed by atoms with Crippen LogP contribution in [0.4, 0.5) is 5.69 Å². The molecule has 0 atom stereocenters. The third-order valence-corrected chi connectivity index (χ3v) is 6.75. The Bertz CT molecular complexity index is 712. The van der Waals surface area contributed by atoms with Crippen molar-refractivity contribution in [3.05, 3.63) is 29.8 Å². The first-order valence-corrected chi connectivity index (χ1v) is 11.3. The third kappa shape index (κ3) is 4.76. The quantitative estimate of drug-likeness (QED) is 0.854. The normalized spacial score (nSPS) is 20.1. The molecule has 2 fully saturated rings. The van der Waals surface area contributed by atoms with Gasteiger partial charge in [-0.15, -0.1) is 0 Å². The van der Waals surface area contributed by atoms with E-state index in [1.165, 1.54) is 25.7 Å². The Balaban J connectivity index is 1.60. The van der Waals surface area contributed by atoms with Gasteiger partial charge in [-0.1, -0.05) is 12.8 Å². The van der Waals surface area contributed by atoms with Crippen LogP contribution in [0.5, 0.6) is 0 Å². The molecule has 1 aliphatic heterocycles. The largest absolute Gasteiger partial charge is 0.337 e. The molecule has 3 rings (SSSR count). The molecule has 1 aliphatic carbocycles. The Morgan fingerprint density at radius 2 is 1.73 bits per heavy atom. The molecule has 6 nitrogen and oxygen atoms in total. The molecular formula is C19H29N3O3S. The second kappa shape index (κ2) is 8.39. The lowest BCUT2D eigenvalue weighted by molar-refractivity contribution is 0.0758. The van der Waals surface area contributed by atoms with Gasteiger partial charge in [-0.25, -0.2) is 8.42 Å². The number of hydrogen-bond donors (Lipinski definition) is 1. The number of benzene rings is 1. The van der Waals surface area contributed by atoms with Gasteiger partial charge in [0.25, 0.3) is 5.91 Å². The molecule has 1 saturated heterocycles. The van der Waals surface area contributed by atoms with Crippen LogP contribution in [0.3, 0.4) is 0 Å². The van der Waals surface area contributed by atoms with E-state index in [0.717, 1.165) is 32.6 Å². The van der Waals surface area contributed by atoms with Crippen molar-refractivity contribution in [3.8, 4) is 0 Å². The highest BCUT2D eigenvalue weighted by molar-refractivity contribution is 7.92. The number of carbonyl (C=O) groups is 1. The number of nitrogens with one attached hydrogen (secondary N) is 1. The average molecular weight is 380 g/mol. The maximum atomic E-state index is 12.8. The fourth-order valence-electron chi connectivity index (χ4n) is 3.89. The van der Waals surface area contributed by atoms with Crippen molar-refractivity contribution in [2.45, 2.75) is 45.1 Å². The SMILES string of the molecule is CCS(=O)(=O)Nc1ccc(C(=O)N2CCCN(C3CCCC3)CC2)cc1. The Morgan fingerprint density at radius 1 is 1.04 bits per heavy atom. The van der Waals surface area contributed by atoms with Crippen molar-refractivity contribution in [2.24, 2.45) is 0 Å². The molecule has 144 valence electrons. The minimum Gasteiger partial charge on any atom is -0.337 e. The van der Waals surface area contributed by atoms with E-state index in [1.54, 1.807) is 31.2 Å². The molecule has 7 heteroatoms. The first-order chi connectivity index (χ1) is 12.5. The van der Waals surface area contributed by atoms with Gasteiger partial charge in [0.2, 0.25) is 10.0 Å². The van der Waals surface area contributed by atoms with Gasteiger partial charge in [0.15, 0.2) is 0 Å². The highest BCUT2D eigenvalue weighted by Gasteiger charge is 2.26. The lowest BCUT2D eigenvalue weighted by Crippen LogP contribution is -2.38. The highest BCUT2D eigenvalue weighted by Crippen LogP contribution is 2.24. The van der Waals surface area contributed by atoms with E-state index in [4.69, 9.17) is 0 Å². The van der Waals surface area contributed by atoms with Crippen LogP contribution in [-0.2, 0) is 10.0 Å². The highest BCUT2D eigenvalue weighted by atomic mass is 32.2. The standard InChI is InChI=1S/C19H29N3O3S/c1-2-26(24,25)20-17-10-8-16(9-11-17)19(23)22-13-5-12-21(14-15-22)18-6-3-4-7-18/h8-11,18,20H,2-7,12-15H2,1H3. The van der Waals surface area contributed by atoms with Crippen LogP contribution in [0, 0.1) is 0 Å². The minimum absolute atomic E-state index is 0.0267. The summed E-state index contributed by atoms with van der Waals surface area (Å²) in [7, 11) is -3.30. The Morgan fingerprint density at radius 3 is 2.38 bits per heavy atom. The third-order valence-electron chi connectivity index (χ3n) is 5.44. The van der Waals surface area contributed by atoms with E-state index in [0.29, 0.717) is 17.3 Å². The molecule has 1 heterocycles. The first-order valence-electron chi connectivity index (χ1n) is 9.62. The van der Waals surface area contributed by atoms with Crippen LogP contribution < -0.4 is 4.72 Å². The summed E-state index contributed by atoms with van der Waals surface area (Å²) in [6, 6.07) is 7.42. The fourth-order valence-corrected chi connectivity index (χ4v) is 4.53. The number of anilines is 1. The summed E-state index contributed by atoms with van der Waals surface area (Å²) in [4.78, 5) is 17.3. The van der Waals surface area contributed by atoms with E-state index in [9.17, 15) is 13.2 Å². The van der Waals surface area contributed by atoms with Crippen molar-refractivity contribution in [3.63, 3.8) is 0 Å². The van der Waals surface area contributed by atoms with Crippen molar-refractivity contribution < 1.29 is 13.2 Å². The van der Waals surface area contributed by atoms with Crippen LogP contribution in [0.2, 0.25) is 0 Å². The van der Waals surface area contributed by atoms with Crippen LogP contribution in [-0.4, -0.2) is 62.1 Å². The first kappa shape index (κ1) is 19.2. The van der Waals surface area contributed by atoms with Gasteiger partial charge in [-0.05, 0) is 50.5 Å².